The van der Waals surface area contributed by atoms with Crippen molar-refractivity contribution in [1.82, 2.24) is 10.2 Å². The number of aliphatic hydroxyl groups is 1. The fraction of sp³-hybridized carbons (Fsp3) is 0.364. The third-order valence-corrected chi connectivity index (χ3v) is 4.96. The highest BCUT2D eigenvalue weighted by molar-refractivity contribution is 5.98. The molecule has 27 heavy (non-hydrogen) atoms. The lowest BCUT2D eigenvalue weighted by molar-refractivity contribution is -0.134. The second kappa shape index (κ2) is 9.33. The summed E-state index contributed by atoms with van der Waals surface area (Å²) >= 11 is 0. The molecular formula is C22H26N2O3. The van der Waals surface area contributed by atoms with Gasteiger partial charge in [-0.05, 0) is 36.1 Å². The molecule has 3 rings (SSSR count). The van der Waals surface area contributed by atoms with Crippen LogP contribution in [0.4, 0.5) is 0 Å². The molecule has 0 bridgehead atoms. The van der Waals surface area contributed by atoms with Gasteiger partial charge in [0.05, 0.1) is 6.61 Å². The number of benzene rings is 2. The first kappa shape index (κ1) is 19.1. The predicted octanol–water partition coefficient (Wildman–Crippen LogP) is 2.85. The highest BCUT2D eigenvalue weighted by atomic mass is 16.3. The molecule has 0 spiro atoms. The first-order valence-corrected chi connectivity index (χ1v) is 9.55. The van der Waals surface area contributed by atoms with E-state index in [9.17, 15) is 14.7 Å². The van der Waals surface area contributed by atoms with E-state index in [0.29, 0.717) is 18.7 Å². The Morgan fingerprint density at radius 2 is 1.48 bits per heavy atom. The Kier molecular flexibility index (Phi) is 6.60. The first-order chi connectivity index (χ1) is 13.2. The van der Waals surface area contributed by atoms with Gasteiger partial charge >= 0.3 is 0 Å². The van der Waals surface area contributed by atoms with E-state index in [1.54, 1.807) is 17.0 Å². The number of hydrogen-bond donors (Lipinski definition) is 2. The van der Waals surface area contributed by atoms with E-state index in [1.165, 1.54) is 0 Å². The highest BCUT2D eigenvalue weighted by Gasteiger charge is 2.26. The van der Waals surface area contributed by atoms with Crippen LogP contribution in [0.2, 0.25) is 0 Å². The summed E-state index contributed by atoms with van der Waals surface area (Å²) in [6.07, 6.45) is 4.18. The Hall–Kier alpha value is -2.66. The van der Waals surface area contributed by atoms with E-state index >= 15 is 0 Å². The number of carbonyl (C=O) groups excluding carboxylic acids is 2. The zero-order valence-electron chi connectivity index (χ0n) is 15.4. The van der Waals surface area contributed by atoms with Crippen LogP contribution in [0.1, 0.15) is 36.0 Å². The number of aliphatic hydroxyl groups excluding tert-OH is 1. The van der Waals surface area contributed by atoms with E-state index in [0.717, 1.165) is 36.8 Å². The van der Waals surface area contributed by atoms with Gasteiger partial charge in [0.1, 0.15) is 6.04 Å². The second-order valence-corrected chi connectivity index (χ2v) is 6.89. The maximum absolute atomic E-state index is 12.6. The number of nitrogens with one attached hydrogen (secondary N) is 1. The molecule has 2 N–H and O–H groups in total. The van der Waals surface area contributed by atoms with Gasteiger partial charge in [0.25, 0.3) is 5.91 Å². The topological polar surface area (TPSA) is 69.6 Å². The molecule has 2 aromatic carbocycles. The minimum absolute atomic E-state index is 0.200. The lowest BCUT2D eigenvalue weighted by Crippen LogP contribution is -2.50. The van der Waals surface area contributed by atoms with Gasteiger partial charge in [-0.15, -0.1) is 0 Å². The molecule has 1 fully saturated rings. The summed E-state index contributed by atoms with van der Waals surface area (Å²) in [6.45, 7) is 0.983. The number of nitrogens with zero attached hydrogens (tertiary/aromatic N) is 1. The summed E-state index contributed by atoms with van der Waals surface area (Å²) in [5.74, 6) is -0.550. The molecule has 1 saturated heterocycles. The van der Waals surface area contributed by atoms with E-state index in [4.69, 9.17) is 0 Å². The molecule has 1 aliphatic rings. The minimum Gasteiger partial charge on any atom is -0.394 e. The molecule has 5 nitrogen and oxygen atoms in total. The van der Waals surface area contributed by atoms with Gasteiger partial charge in [-0.3, -0.25) is 9.59 Å². The SMILES string of the molecule is O=C(NC(CO)C(=O)N1CCCCCC1)c1ccc(-c2ccccc2)cc1. The van der Waals surface area contributed by atoms with Crippen LogP contribution >= 0.6 is 0 Å². The van der Waals surface area contributed by atoms with Gasteiger partial charge in [0.2, 0.25) is 5.91 Å². The number of likely N-dealkylation sites (tertiary alicyclic amines) is 1. The summed E-state index contributed by atoms with van der Waals surface area (Å²) in [5.41, 5.74) is 2.57. The van der Waals surface area contributed by atoms with Crippen molar-refractivity contribution < 1.29 is 14.7 Å². The maximum atomic E-state index is 12.6. The third-order valence-electron chi connectivity index (χ3n) is 4.96. The standard InChI is InChI=1S/C22H26N2O3/c25-16-20(22(27)24-14-6-1-2-7-15-24)23-21(26)19-12-10-18(11-13-19)17-8-4-3-5-9-17/h3-5,8-13,20,25H,1-2,6-7,14-16H2,(H,23,26). The van der Waals surface area contributed by atoms with Crippen molar-refractivity contribution >= 4 is 11.8 Å². The fourth-order valence-electron chi connectivity index (χ4n) is 3.38. The van der Waals surface area contributed by atoms with Gasteiger partial charge in [0, 0.05) is 18.7 Å². The number of hydrogen-bond acceptors (Lipinski definition) is 3. The van der Waals surface area contributed by atoms with Crippen molar-refractivity contribution in [3.05, 3.63) is 60.2 Å². The van der Waals surface area contributed by atoms with Crippen molar-refractivity contribution in [1.29, 1.82) is 0 Å². The molecule has 1 aliphatic heterocycles. The van der Waals surface area contributed by atoms with Crippen LogP contribution in [0.15, 0.2) is 54.6 Å². The van der Waals surface area contributed by atoms with Gasteiger partial charge < -0.3 is 15.3 Å². The molecule has 2 aromatic rings. The molecule has 1 atom stereocenters. The Labute approximate surface area is 160 Å². The molecule has 142 valence electrons. The summed E-state index contributed by atoms with van der Waals surface area (Å²) in [6, 6.07) is 16.3. The van der Waals surface area contributed by atoms with Gasteiger partial charge in [0.15, 0.2) is 0 Å². The molecule has 1 unspecified atom stereocenters. The molecule has 1 heterocycles. The molecule has 0 aromatic heterocycles. The largest absolute Gasteiger partial charge is 0.394 e. The van der Waals surface area contributed by atoms with E-state index in [1.807, 2.05) is 42.5 Å². The molecule has 2 amide bonds. The lowest BCUT2D eigenvalue weighted by Gasteiger charge is -2.25. The summed E-state index contributed by atoms with van der Waals surface area (Å²) < 4.78 is 0. The van der Waals surface area contributed by atoms with Crippen LogP contribution in [0.3, 0.4) is 0 Å². The van der Waals surface area contributed by atoms with Crippen LogP contribution in [0.25, 0.3) is 11.1 Å². The van der Waals surface area contributed by atoms with Crippen molar-refractivity contribution in [3.8, 4) is 11.1 Å². The third kappa shape index (κ3) is 4.95. The number of carbonyl (C=O) groups is 2. The van der Waals surface area contributed by atoms with Gasteiger partial charge in [-0.25, -0.2) is 0 Å². The van der Waals surface area contributed by atoms with Crippen LogP contribution in [0, 0.1) is 0 Å². The van der Waals surface area contributed by atoms with Crippen molar-refractivity contribution in [2.45, 2.75) is 31.7 Å². The van der Waals surface area contributed by atoms with E-state index in [2.05, 4.69) is 5.32 Å². The average molecular weight is 366 g/mol. The molecule has 0 aliphatic carbocycles. The number of amides is 2. The quantitative estimate of drug-likeness (QED) is 0.855. The average Bonchev–Trinajstić information content (AvgIpc) is 3.01. The first-order valence-electron chi connectivity index (χ1n) is 9.55. The smallest absolute Gasteiger partial charge is 0.251 e. The van der Waals surface area contributed by atoms with Crippen LogP contribution < -0.4 is 5.32 Å². The Morgan fingerprint density at radius 1 is 0.889 bits per heavy atom. The molecular weight excluding hydrogens is 340 g/mol. The summed E-state index contributed by atoms with van der Waals surface area (Å²) in [4.78, 5) is 26.9. The lowest BCUT2D eigenvalue weighted by atomic mass is 10.0. The summed E-state index contributed by atoms with van der Waals surface area (Å²) in [5, 5.41) is 12.3. The Morgan fingerprint density at radius 3 is 2.07 bits per heavy atom. The van der Waals surface area contributed by atoms with Crippen molar-refractivity contribution in [2.24, 2.45) is 0 Å². The van der Waals surface area contributed by atoms with Crippen LogP contribution in [0.5, 0.6) is 0 Å². The zero-order valence-corrected chi connectivity index (χ0v) is 15.4. The van der Waals surface area contributed by atoms with Gasteiger partial charge in [-0.2, -0.15) is 0 Å². The highest BCUT2D eigenvalue weighted by Crippen LogP contribution is 2.19. The van der Waals surface area contributed by atoms with Crippen LogP contribution in [-0.4, -0.2) is 47.6 Å². The Balaban J connectivity index is 1.65. The van der Waals surface area contributed by atoms with E-state index in [-0.39, 0.29) is 11.8 Å². The maximum Gasteiger partial charge on any atom is 0.251 e. The Bertz CT molecular complexity index is 751. The monoisotopic (exact) mass is 366 g/mol. The minimum atomic E-state index is -0.899. The van der Waals surface area contributed by atoms with E-state index < -0.39 is 12.6 Å². The predicted molar refractivity (Wildman–Crippen MR) is 105 cm³/mol. The molecule has 5 heteroatoms. The van der Waals surface area contributed by atoms with Crippen molar-refractivity contribution in [3.63, 3.8) is 0 Å². The molecule has 0 saturated carbocycles. The molecule has 0 radical (unpaired) electrons. The van der Waals surface area contributed by atoms with Crippen LogP contribution in [-0.2, 0) is 4.79 Å². The zero-order chi connectivity index (χ0) is 19.1. The second-order valence-electron chi connectivity index (χ2n) is 6.89. The van der Waals surface area contributed by atoms with Crippen molar-refractivity contribution in [2.75, 3.05) is 19.7 Å². The number of rotatable bonds is 5. The summed E-state index contributed by atoms with van der Waals surface area (Å²) in [7, 11) is 0. The fourth-order valence-corrected chi connectivity index (χ4v) is 3.38. The van der Waals surface area contributed by atoms with Gasteiger partial charge in [-0.1, -0.05) is 55.3 Å². The normalized spacial score (nSPS) is 15.7.